The maximum atomic E-state index is 11.6. The summed E-state index contributed by atoms with van der Waals surface area (Å²) in [7, 11) is 0. The number of guanidine groups is 1. The van der Waals surface area contributed by atoms with Crippen LogP contribution >= 0.6 is 0 Å². The SMILES string of the molecule is CCNC(=NCc1ccc(C(=O)OCC)cc1)NC1CC1C. The van der Waals surface area contributed by atoms with Crippen LogP contribution in [0.25, 0.3) is 0 Å². The van der Waals surface area contributed by atoms with E-state index in [1.54, 1.807) is 19.1 Å². The molecule has 1 fully saturated rings. The van der Waals surface area contributed by atoms with E-state index in [0.717, 1.165) is 24.0 Å². The van der Waals surface area contributed by atoms with Crippen LogP contribution in [0.4, 0.5) is 0 Å². The van der Waals surface area contributed by atoms with Crippen LogP contribution < -0.4 is 10.6 Å². The number of carbonyl (C=O) groups excluding carboxylic acids is 1. The second-order valence-corrected chi connectivity index (χ2v) is 5.58. The lowest BCUT2D eigenvalue weighted by atomic mass is 10.1. The third-order valence-corrected chi connectivity index (χ3v) is 3.66. The van der Waals surface area contributed by atoms with Gasteiger partial charge in [0.05, 0.1) is 18.7 Å². The molecule has 0 aromatic heterocycles. The molecule has 0 bridgehead atoms. The van der Waals surface area contributed by atoms with Gasteiger partial charge in [-0.1, -0.05) is 19.1 Å². The van der Waals surface area contributed by atoms with E-state index in [0.29, 0.717) is 24.8 Å². The van der Waals surface area contributed by atoms with Gasteiger partial charge >= 0.3 is 5.97 Å². The summed E-state index contributed by atoms with van der Waals surface area (Å²) in [6, 6.07) is 7.94. The van der Waals surface area contributed by atoms with E-state index < -0.39 is 0 Å². The van der Waals surface area contributed by atoms with Crippen molar-refractivity contribution in [1.82, 2.24) is 10.6 Å². The lowest BCUT2D eigenvalue weighted by molar-refractivity contribution is 0.0526. The van der Waals surface area contributed by atoms with Gasteiger partial charge in [-0.15, -0.1) is 0 Å². The molecule has 1 aliphatic carbocycles. The van der Waals surface area contributed by atoms with E-state index in [9.17, 15) is 4.79 Å². The van der Waals surface area contributed by atoms with Gasteiger partial charge in [0, 0.05) is 12.6 Å². The smallest absolute Gasteiger partial charge is 0.338 e. The number of hydrogen-bond donors (Lipinski definition) is 2. The zero-order chi connectivity index (χ0) is 15.9. The maximum absolute atomic E-state index is 11.6. The molecular formula is C17H25N3O2. The number of nitrogens with zero attached hydrogens (tertiary/aromatic N) is 1. The Kier molecular flexibility index (Phi) is 5.81. The third kappa shape index (κ3) is 4.76. The molecule has 2 atom stereocenters. The Morgan fingerprint density at radius 2 is 2.00 bits per heavy atom. The highest BCUT2D eigenvalue weighted by Gasteiger charge is 2.33. The zero-order valence-electron chi connectivity index (χ0n) is 13.6. The summed E-state index contributed by atoms with van der Waals surface area (Å²) in [4.78, 5) is 16.2. The minimum atomic E-state index is -0.282. The first-order valence-corrected chi connectivity index (χ1v) is 7.95. The monoisotopic (exact) mass is 303 g/mol. The number of ether oxygens (including phenoxy) is 1. The Hall–Kier alpha value is -2.04. The summed E-state index contributed by atoms with van der Waals surface area (Å²) < 4.78 is 4.97. The molecule has 1 saturated carbocycles. The molecule has 0 saturated heterocycles. The van der Waals surface area contributed by atoms with Gasteiger partial charge in [-0.25, -0.2) is 9.79 Å². The van der Waals surface area contributed by atoms with Crippen molar-refractivity contribution in [2.75, 3.05) is 13.2 Å². The highest BCUT2D eigenvalue weighted by molar-refractivity contribution is 5.89. The van der Waals surface area contributed by atoms with Crippen molar-refractivity contribution in [2.24, 2.45) is 10.9 Å². The normalized spacial score (nSPS) is 20.4. The summed E-state index contributed by atoms with van der Waals surface area (Å²) in [5, 5.41) is 6.68. The third-order valence-electron chi connectivity index (χ3n) is 3.66. The molecule has 5 nitrogen and oxygen atoms in total. The lowest BCUT2D eigenvalue weighted by Crippen LogP contribution is -2.39. The molecule has 0 aliphatic heterocycles. The fourth-order valence-electron chi connectivity index (χ4n) is 2.15. The fraction of sp³-hybridized carbons (Fsp3) is 0.529. The first-order chi connectivity index (χ1) is 10.6. The first kappa shape index (κ1) is 16.3. The van der Waals surface area contributed by atoms with Crippen molar-refractivity contribution < 1.29 is 9.53 Å². The molecule has 0 heterocycles. The number of nitrogens with one attached hydrogen (secondary N) is 2. The highest BCUT2D eigenvalue weighted by atomic mass is 16.5. The number of rotatable bonds is 6. The number of hydrogen-bond acceptors (Lipinski definition) is 3. The van der Waals surface area contributed by atoms with Crippen molar-refractivity contribution in [2.45, 2.75) is 39.8 Å². The van der Waals surface area contributed by atoms with Gasteiger partial charge in [0.1, 0.15) is 0 Å². The van der Waals surface area contributed by atoms with Crippen LogP contribution in [0.2, 0.25) is 0 Å². The second kappa shape index (κ2) is 7.82. The van der Waals surface area contributed by atoms with Crippen molar-refractivity contribution in [3.8, 4) is 0 Å². The molecule has 120 valence electrons. The highest BCUT2D eigenvalue weighted by Crippen LogP contribution is 2.28. The van der Waals surface area contributed by atoms with Crippen molar-refractivity contribution >= 4 is 11.9 Å². The van der Waals surface area contributed by atoms with Gasteiger partial charge in [-0.3, -0.25) is 0 Å². The Morgan fingerprint density at radius 3 is 2.55 bits per heavy atom. The molecule has 5 heteroatoms. The molecule has 2 N–H and O–H groups in total. The molecule has 22 heavy (non-hydrogen) atoms. The molecule has 2 rings (SSSR count). The summed E-state index contributed by atoms with van der Waals surface area (Å²) in [6.45, 7) is 7.91. The van der Waals surface area contributed by atoms with Crippen LogP contribution in [0.15, 0.2) is 29.3 Å². The van der Waals surface area contributed by atoms with E-state index in [-0.39, 0.29) is 5.97 Å². The molecule has 1 aromatic carbocycles. The number of aliphatic imine (C=N–C) groups is 1. The summed E-state index contributed by atoms with van der Waals surface area (Å²) in [5.41, 5.74) is 1.64. The van der Waals surface area contributed by atoms with E-state index in [2.05, 4.69) is 29.5 Å². The van der Waals surface area contributed by atoms with Crippen LogP contribution in [0.5, 0.6) is 0 Å². The minimum absolute atomic E-state index is 0.282. The molecule has 2 unspecified atom stereocenters. The lowest BCUT2D eigenvalue weighted by Gasteiger charge is -2.10. The predicted octanol–water partition coefficient (Wildman–Crippen LogP) is 2.33. The largest absolute Gasteiger partial charge is 0.462 e. The molecule has 0 amide bonds. The fourth-order valence-corrected chi connectivity index (χ4v) is 2.15. The standard InChI is InChI=1S/C17H25N3O2/c1-4-18-17(20-15-10-12(15)3)19-11-13-6-8-14(9-7-13)16(21)22-5-2/h6-9,12,15H,4-5,10-11H2,1-3H3,(H2,18,19,20). The van der Waals surface area contributed by atoms with Gasteiger partial charge in [-0.2, -0.15) is 0 Å². The van der Waals surface area contributed by atoms with Gasteiger partial charge < -0.3 is 15.4 Å². The minimum Gasteiger partial charge on any atom is -0.462 e. The van der Waals surface area contributed by atoms with Gasteiger partial charge in [-0.05, 0) is 43.9 Å². The quantitative estimate of drug-likeness (QED) is 0.481. The van der Waals surface area contributed by atoms with Crippen LogP contribution in [0.1, 0.15) is 43.1 Å². The maximum Gasteiger partial charge on any atom is 0.338 e. The van der Waals surface area contributed by atoms with E-state index in [1.165, 1.54) is 6.42 Å². The molecule has 0 radical (unpaired) electrons. The van der Waals surface area contributed by atoms with Crippen molar-refractivity contribution in [1.29, 1.82) is 0 Å². The Morgan fingerprint density at radius 1 is 1.32 bits per heavy atom. The van der Waals surface area contributed by atoms with E-state index >= 15 is 0 Å². The van der Waals surface area contributed by atoms with Crippen LogP contribution in [0, 0.1) is 5.92 Å². The Bertz CT molecular complexity index is 525. The summed E-state index contributed by atoms with van der Waals surface area (Å²) in [6.07, 6.45) is 1.21. The van der Waals surface area contributed by atoms with Crippen LogP contribution in [-0.2, 0) is 11.3 Å². The Labute approximate surface area is 132 Å². The average molecular weight is 303 g/mol. The average Bonchev–Trinajstić information content (AvgIpc) is 3.21. The topological polar surface area (TPSA) is 62.7 Å². The number of esters is 1. The molecule has 1 aromatic rings. The number of carbonyl (C=O) groups is 1. The summed E-state index contributed by atoms with van der Waals surface area (Å²) >= 11 is 0. The van der Waals surface area contributed by atoms with Crippen LogP contribution in [-0.4, -0.2) is 31.1 Å². The molecule has 1 aliphatic rings. The molecule has 0 spiro atoms. The van der Waals surface area contributed by atoms with E-state index in [1.807, 2.05) is 12.1 Å². The van der Waals surface area contributed by atoms with Gasteiger partial charge in [0.2, 0.25) is 0 Å². The Balaban J connectivity index is 1.93. The van der Waals surface area contributed by atoms with E-state index in [4.69, 9.17) is 4.74 Å². The zero-order valence-corrected chi connectivity index (χ0v) is 13.6. The second-order valence-electron chi connectivity index (χ2n) is 5.58. The number of benzene rings is 1. The van der Waals surface area contributed by atoms with Crippen molar-refractivity contribution in [3.05, 3.63) is 35.4 Å². The van der Waals surface area contributed by atoms with Gasteiger partial charge in [0.25, 0.3) is 0 Å². The van der Waals surface area contributed by atoms with Gasteiger partial charge in [0.15, 0.2) is 5.96 Å². The summed E-state index contributed by atoms with van der Waals surface area (Å²) in [5.74, 6) is 1.30. The molecular weight excluding hydrogens is 278 g/mol. The first-order valence-electron chi connectivity index (χ1n) is 7.95. The van der Waals surface area contributed by atoms with Crippen LogP contribution in [0.3, 0.4) is 0 Å². The predicted molar refractivity (Wildman–Crippen MR) is 87.9 cm³/mol. The van der Waals surface area contributed by atoms with Crippen molar-refractivity contribution in [3.63, 3.8) is 0 Å².